The van der Waals surface area contributed by atoms with Crippen molar-refractivity contribution in [1.82, 2.24) is 15.5 Å². The first-order chi connectivity index (χ1) is 12.1. The van der Waals surface area contributed by atoms with E-state index in [1.165, 1.54) is 6.07 Å². The molecule has 1 aliphatic carbocycles. The van der Waals surface area contributed by atoms with E-state index in [-0.39, 0.29) is 47.7 Å². The molecule has 2 aliphatic rings. The van der Waals surface area contributed by atoms with Gasteiger partial charge in [0.2, 0.25) is 5.91 Å². The van der Waals surface area contributed by atoms with E-state index in [4.69, 9.17) is 0 Å². The van der Waals surface area contributed by atoms with E-state index >= 15 is 0 Å². The smallest absolute Gasteiger partial charge is 0.244 e. The number of halogens is 2. The van der Waals surface area contributed by atoms with Crippen molar-refractivity contribution in [2.45, 2.75) is 38.0 Å². The summed E-state index contributed by atoms with van der Waals surface area (Å²) >= 11 is 0. The zero-order valence-corrected chi connectivity index (χ0v) is 17.6. The van der Waals surface area contributed by atoms with Crippen molar-refractivity contribution >= 4 is 35.8 Å². The minimum absolute atomic E-state index is 0. The Morgan fingerprint density at radius 1 is 1.23 bits per heavy atom. The maximum atomic E-state index is 14.1. The molecule has 1 aromatic rings. The van der Waals surface area contributed by atoms with Gasteiger partial charge in [-0.05, 0) is 44.2 Å². The number of amides is 1. The molecule has 0 spiro atoms. The summed E-state index contributed by atoms with van der Waals surface area (Å²) < 4.78 is 14.1. The molecule has 2 N–H and O–H groups in total. The van der Waals surface area contributed by atoms with Crippen molar-refractivity contribution < 1.29 is 9.18 Å². The lowest BCUT2D eigenvalue weighted by molar-refractivity contribution is -0.128. The van der Waals surface area contributed by atoms with Crippen molar-refractivity contribution in [3.05, 3.63) is 35.6 Å². The predicted octanol–water partition coefficient (Wildman–Crippen LogP) is 2.65. The average Bonchev–Trinajstić information content (AvgIpc) is 3.19. The van der Waals surface area contributed by atoms with Crippen LogP contribution < -0.4 is 10.6 Å². The number of carbonyl (C=O) groups excluding carboxylic acids is 1. The fraction of sp³-hybridized carbons (Fsp3) is 0.579. The van der Waals surface area contributed by atoms with Gasteiger partial charge in [-0.25, -0.2) is 9.38 Å². The predicted molar refractivity (Wildman–Crippen MR) is 113 cm³/mol. The second-order valence-electron chi connectivity index (χ2n) is 6.90. The third-order valence-electron chi connectivity index (χ3n) is 5.07. The standard InChI is InChI=1S/C19H27FN4O.HI/c1-2-21-18(22-13-17(25)24-11-5-6-12-24)23-14-19(9-10-19)15-7-3-4-8-16(15)20;/h3-4,7-8H,2,5-6,9-14H2,1H3,(H2,21,22,23);1H. The van der Waals surface area contributed by atoms with E-state index < -0.39 is 0 Å². The van der Waals surface area contributed by atoms with Gasteiger partial charge in [-0.3, -0.25) is 4.79 Å². The average molecular weight is 474 g/mol. The van der Waals surface area contributed by atoms with Gasteiger partial charge in [0.25, 0.3) is 0 Å². The number of rotatable bonds is 6. The lowest BCUT2D eigenvalue weighted by Gasteiger charge is -2.20. The Bertz CT molecular complexity index is 642. The van der Waals surface area contributed by atoms with Crippen LogP contribution in [0.25, 0.3) is 0 Å². The Morgan fingerprint density at radius 3 is 2.54 bits per heavy atom. The molecule has 144 valence electrons. The number of benzene rings is 1. The zero-order chi connectivity index (χ0) is 17.7. The zero-order valence-electron chi connectivity index (χ0n) is 15.3. The van der Waals surface area contributed by atoms with Crippen LogP contribution in [-0.2, 0) is 10.2 Å². The molecule has 1 aliphatic heterocycles. The van der Waals surface area contributed by atoms with Crippen LogP contribution in [0.2, 0.25) is 0 Å². The molecule has 1 heterocycles. The first-order valence-corrected chi connectivity index (χ1v) is 9.19. The molecule has 3 rings (SSSR count). The molecule has 1 saturated carbocycles. The summed E-state index contributed by atoms with van der Waals surface area (Å²) in [5, 5.41) is 6.47. The van der Waals surface area contributed by atoms with Gasteiger partial charge in [0.05, 0.1) is 0 Å². The third-order valence-corrected chi connectivity index (χ3v) is 5.07. The minimum Gasteiger partial charge on any atom is -0.357 e. The molecule has 7 heteroatoms. The quantitative estimate of drug-likeness (QED) is 0.379. The lowest BCUT2D eigenvalue weighted by atomic mass is 9.95. The molecule has 0 unspecified atom stereocenters. The van der Waals surface area contributed by atoms with Gasteiger partial charge in [-0.2, -0.15) is 0 Å². The summed E-state index contributed by atoms with van der Waals surface area (Å²) in [4.78, 5) is 18.4. The number of nitrogens with zero attached hydrogens (tertiary/aromatic N) is 2. The normalized spacial score (nSPS) is 18.2. The largest absolute Gasteiger partial charge is 0.357 e. The summed E-state index contributed by atoms with van der Waals surface area (Å²) in [5.41, 5.74) is 0.618. The molecule has 0 radical (unpaired) electrons. The van der Waals surface area contributed by atoms with E-state index in [9.17, 15) is 9.18 Å². The molecule has 1 aromatic carbocycles. The maximum absolute atomic E-state index is 14.1. The number of guanidine groups is 1. The van der Waals surface area contributed by atoms with Crippen molar-refractivity contribution in [3.63, 3.8) is 0 Å². The summed E-state index contributed by atoms with van der Waals surface area (Å²) in [6.07, 6.45) is 4.10. The lowest BCUT2D eigenvalue weighted by Crippen LogP contribution is -2.42. The molecule has 1 saturated heterocycles. The molecule has 26 heavy (non-hydrogen) atoms. The second-order valence-corrected chi connectivity index (χ2v) is 6.90. The van der Waals surface area contributed by atoms with Crippen molar-refractivity contribution in [1.29, 1.82) is 0 Å². The van der Waals surface area contributed by atoms with E-state index in [2.05, 4.69) is 15.6 Å². The molecule has 5 nitrogen and oxygen atoms in total. The highest BCUT2D eigenvalue weighted by molar-refractivity contribution is 14.0. The van der Waals surface area contributed by atoms with Crippen LogP contribution in [0.3, 0.4) is 0 Å². The third kappa shape index (κ3) is 5.08. The minimum atomic E-state index is -0.152. The molecule has 2 fully saturated rings. The number of hydrogen-bond acceptors (Lipinski definition) is 2. The van der Waals surface area contributed by atoms with Gasteiger partial charge in [-0.15, -0.1) is 24.0 Å². The van der Waals surface area contributed by atoms with Crippen LogP contribution in [-0.4, -0.2) is 49.5 Å². The number of carbonyl (C=O) groups is 1. The van der Waals surface area contributed by atoms with Crippen LogP contribution >= 0.6 is 24.0 Å². The topological polar surface area (TPSA) is 56.7 Å². The van der Waals surface area contributed by atoms with Gasteiger partial charge >= 0.3 is 0 Å². The van der Waals surface area contributed by atoms with Gasteiger partial charge in [0.15, 0.2) is 5.96 Å². The highest BCUT2D eigenvalue weighted by Gasteiger charge is 2.45. The van der Waals surface area contributed by atoms with Gasteiger partial charge in [0.1, 0.15) is 12.4 Å². The fourth-order valence-corrected chi connectivity index (χ4v) is 3.39. The fourth-order valence-electron chi connectivity index (χ4n) is 3.39. The monoisotopic (exact) mass is 474 g/mol. The highest BCUT2D eigenvalue weighted by Crippen LogP contribution is 2.48. The van der Waals surface area contributed by atoms with Crippen molar-refractivity contribution in [3.8, 4) is 0 Å². The summed E-state index contributed by atoms with van der Waals surface area (Å²) in [6.45, 7) is 5.17. The number of hydrogen-bond donors (Lipinski definition) is 2. The number of aliphatic imine (C=N–C) groups is 1. The summed E-state index contributed by atoms with van der Waals surface area (Å²) in [7, 11) is 0. The van der Waals surface area contributed by atoms with Crippen molar-refractivity contribution in [2.24, 2.45) is 4.99 Å². The van der Waals surface area contributed by atoms with Crippen LogP contribution in [0, 0.1) is 5.82 Å². The summed E-state index contributed by atoms with van der Waals surface area (Å²) in [5.74, 6) is 0.551. The SMILES string of the molecule is CCNC(=NCC(=O)N1CCCC1)NCC1(c2ccccc2F)CC1.I. The Balaban J connectivity index is 0.00000243. The van der Waals surface area contributed by atoms with Gasteiger partial charge < -0.3 is 15.5 Å². The molecular formula is C19H28FIN4O. The molecular weight excluding hydrogens is 446 g/mol. The van der Waals surface area contributed by atoms with Crippen LogP contribution in [0.1, 0.15) is 38.2 Å². The van der Waals surface area contributed by atoms with Gasteiger partial charge in [0, 0.05) is 31.6 Å². The second kappa shape index (κ2) is 9.53. The van der Waals surface area contributed by atoms with Crippen molar-refractivity contribution in [2.75, 3.05) is 32.7 Å². The van der Waals surface area contributed by atoms with E-state index in [0.29, 0.717) is 12.5 Å². The summed E-state index contributed by atoms with van der Waals surface area (Å²) in [6, 6.07) is 6.98. The molecule has 0 aromatic heterocycles. The Labute approximate surface area is 171 Å². The molecule has 1 amide bonds. The maximum Gasteiger partial charge on any atom is 0.244 e. The van der Waals surface area contributed by atoms with Crippen LogP contribution in [0.5, 0.6) is 0 Å². The molecule has 0 bridgehead atoms. The number of likely N-dealkylation sites (tertiary alicyclic amines) is 1. The Kier molecular flexibility index (Phi) is 7.67. The van der Waals surface area contributed by atoms with E-state index in [1.54, 1.807) is 6.07 Å². The Morgan fingerprint density at radius 2 is 1.92 bits per heavy atom. The first-order valence-electron chi connectivity index (χ1n) is 9.19. The first kappa shape index (κ1) is 20.9. The van der Waals surface area contributed by atoms with E-state index in [0.717, 1.165) is 50.9 Å². The van der Waals surface area contributed by atoms with E-state index in [1.807, 2.05) is 24.0 Å². The highest BCUT2D eigenvalue weighted by atomic mass is 127. The number of nitrogens with one attached hydrogen (secondary N) is 2. The Hall–Kier alpha value is -1.38. The van der Waals surface area contributed by atoms with Crippen LogP contribution in [0.4, 0.5) is 4.39 Å². The molecule has 0 atom stereocenters. The van der Waals surface area contributed by atoms with Crippen LogP contribution in [0.15, 0.2) is 29.3 Å². The van der Waals surface area contributed by atoms with Gasteiger partial charge in [-0.1, -0.05) is 18.2 Å².